The van der Waals surface area contributed by atoms with Crippen molar-refractivity contribution in [1.29, 1.82) is 0 Å². The molecule has 1 atom stereocenters. The van der Waals surface area contributed by atoms with Gasteiger partial charge in [0.25, 0.3) is 0 Å². The lowest BCUT2D eigenvalue weighted by molar-refractivity contribution is 0.527. The van der Waals surface area contributed by atoms with Crippen LogP contribution in [0.5, 0.6) is 0 Å². The van der Waals surface area contributed by atoms with E-state index in [0.717, 1.165) is 18.9 Å². The third-order valence-electron chi connectivity index (χ3n) is 2.32. The van der Waals surface area contributed by atoms with Crippen LogP contribution in [0, 0.1) is 6.92 Å². The van der Waals surface area contributed by atoms with Gasteiger partial charge in [0, 0.05) is 37.8 Å². The molecule has 92 valence electrons. The normalized spacial score (nSPS) is 13.9. The summed E-state index contributed by atoms with van der Waals surface area (Å²) in [4.78, 5) is 4.11. The summed E-state index contributed by atoms with van der Waals surface area (Å²) in [6, 6.07) is -0.0150. The molecule has 1 heterocycles. The van der Waals surface area contributed by atoms with Crippen LogP contribution in [0.3, 0.4) is 0 Å². The molecular weight excluding hydrogens is 226 g/mol. The van der Waals surface area contributed by atoms with Crippen molar-refractivity contribution in [2.45, 2.75) is 26.4 Å². The number of hydrogen-bond acceptors (Lipinski definition) is 4. The molecule has 1 N–H and O–H groups in total. The quantitative estimate of drug-likeness (QED) is 0.778. The zero-order valence-electron chi connectivity index (χ0n) is 9.97. The summed E-state index contributed by atoms with van der Waals surface area (Å²) in [5.74, 6) is 1.15. The minimum atomic E-state index is -2.90. The molecule has 0 aliphatic rings. The van der Waals surface area contributed by atoms with Gasteiger partial charge in [-0.3, -0.25) is 0 Å². The molecule has 0 aliphatic heterocycles. The topological polar surface area (TPSA) is 64.0 Å². The third kappa shape index (κ3) is 4.76. The molecule has 0 fully saturated rings. The summed E-state index contributed by atoms with van der Waals surface area (Å²) in [5, 5.41) is 3.18. The van der Waals surface area contributed by atoms with Crippen molar-refractivity contribution in [3.8, 4) is 0 Å². The Balaban J connectivity index is 2.28. The summed E-state index contributed by atoms with van der Waals surface area (Å²) in [6.45, 7) is 5.37. The van der Waals surface area contributed by atoms with E-state index < -0.39 is 9.84 Å². The fraction of sp³-hybridized carbons (Fsp3) is 0.700. The Morgan fingerprint density at radius 1 is 1.56 bits per heavy atom. The molecule has 0 radical (unpaired) electrons. The number of nitrogens with zero attached hydrogens (tertiary/aromatic N) is 2. The van der Waals surface area contributed by atoms with Crippen molar-refractivity contribution in [2.24, 2.45) is 0 Å². The molecule has 1 rings (SSSR count). The van der Waals surface area contributed by atoms with Crippen LogP contribution in [-0.2, 0) is 16.4 Å². The van der Waals surface area contributed by atoms with E-state index >= 15 is 0 Å². The van der Waals surface area contributed by atoms with Gasteiger partial charge >= 0.3 is 0 Å². The van der Waals surface area contributed by atoms with Crippen molar-refractivity contribution in [1.82, 2.24) is 14.9 Å². The average molecular weight is 245 g/mol. The Morgan fingerprint density at radius 2 is 2.25 bits per heavy atom. The summed E-state index contributed by atoms with van der Waals surface area (Å²) in [6.07, 6.45) is 4.93. The molecule has 0 amide bonds. The van der Waals surface area contributed by atoms with Crippen molar-refractivity contribution in [3.63, 3.8) is 0 Å². The smallest absolute Gasteiger partial charge is 0.148 e. The monoisotopic (exact) mass is 245 g/mol. The molecule has 1 aromatic rings. The Morgan fingerprint density at radius 3 is 2.75 bits per heavy atom. The Hall–Kier alpha value is -0.880. The van der Waals surface area contributed by atoms with Crippen LogP contribution in [0.25, 0.3) is 0 Å². The van der Waals surface area contributed by atoms with Gasteiger partial charge in [-0.15, -0.1) is 0 Å². The van der Waals surface area contributed by atoms with E-state index in [1.165, 1.54) is 6.26 Å². The lowest BCUT2D eigenvalue weighted by atomic mass is 10.4. The molecular formula is C10H19N3O2S. The predicted molar refractivity (Wildman–Crippen MR) is 64.1 cm³/mol. The lowest BCUT2D eigenvalue weighted by Crippen LogP contribution is -2.34. The van der Waals surface area contributed by atoms with Crippen molar-refractivity contribution in [2.75, 3.05) is 18.6 Å². The first kappa shape index (κ1) is 13.2. The minimum Gasteiger partial charge on any atom is -0.334 e. The molecule has 0 bridgehead atoms. The fourth-order valence-electron chi connectivity index (χ4n) is 1.58. The van der Waals surface area contributed by atoms with E-state index in [1.807, 2.05) is 24.6 Å². The second kappa shape index (κ2) is 5.45. The maximum absolute atomic E-state index is 11.0. The van der Waals surface area contributed by atoms with Crippen LogP contribution < -0.4 is 5.32 Å². The Bertz CT molecular complexity index is 425. The molecule has 16 heavy (non-hydrogen) atoms. The molecule has 5 nitrogen and oxygen atoms in total. The van der Waals surface area contributed by atoms with E-state index in [-0.39, 0.29) is 11.8 Å². The van der Waals surface area contributed by atoms with Gasteiger partial charge in [0.15, 0.2) is 0 Å². The number of rotatable bonds is 6. The highest BCUT2D eigenvalue weighted by Crippen LogP contribution is 1.94. The van der Waals surface area contributed by atoms with Crippen molar-refractivity contribution >= 4 is 9.84 Å². The second-order valence-corrected chi connectivity index (χ2v) is 6.30. The van der Waals surface area contributed by atoms with Crippen LogP contribution in [0.1, 0.15) is 12.7 Å². The maximum Gasteiger partial charge on any atom is 0.148 e. The molecule has 0 saturated heterocycles. The highest BCUT2D eigenvalue weighted by Gasteiger charge is 2.09. The number of aromatic nitrogens is 2. The summed E-state index contributed by atoms with van der Waals surface area (Å²) >= 11 is 0. The zero-order valence-corrected chi connectivity index (χ0v) is 10.8. The van der Waals surface area contributed by atoms with Crippen LogP contribution in [0.4, 0.5) is 0 Å². The Labute approximate surface area is 96.8 Å². The van der Waals surface area contributed by atoms with E-state index in [2.05, 4.69) is 10.3 Å². The van der Waals surface area contributed by atoms with E-state index in [0.29, 0.717) is 0 Å². The molecule has 1 aromatic heterocycles. The summed E-state index contributed by atoms with van der Waals surface area (Å²) in [7, 11) is -2.90. The molecule has 0 aliphatic carbocycles. The first-order valence-electron chi connectivity index (χ1n) is 5.27. The van der Waals surface area contributed by atoms with E-state index in [4.69, 9.17) is 0 Å². The predicted octanol–water partition coefficient (Wildman–Crippen LogP) is 0.214. The van der Waals surface area contributed by atoms with Gasteiger partial charge in [-0.25, -0.2) is 13.4 Å². The molecule has 6 heteroatoms. The number of hydrogen-bond donors (Lipinski definition) is 1. The lowest BCUT2D eigenvalue weighted by Gasteiger charge is -2.13. The fourth-order valence-corrected chi connectivity index (χ4v) is 2.61. The van der Waals surface area contributed by atoms with E-state index in [1.54, 1.807) is 6.20 Å². The number of aryl methyl sites for hydroxylation is 1. The molecule has 0 saturated carbocycles. The van der Waals surface area contributed by atoms with Crippen molar-refractivity contribution in [3.05, 3.63) is 18.2 Å². The first-order chi connectivity index (χ1) is 7.38. The van der Waals surface area contributed by atoms with Gasteiger partial charge in [-0.2, -0.15) is 0 Å². The number of imidazole rings is 1. The largest absolute Gasteiger partial charge is 0.334 e. The van der Waals surface area contributed by atoms with Gasteiger partial charge in [0.05, 0.1) is 5.75 Å². The summed E-state index contributed by atoms with van der Waals surface area (Å²) in [5.41, 5.74) is 0. The van der Waals surface area contributed by atoms with Gasteiger partial charge in [0.2, 0.25) is 0 Å². The SMILES string of the molecule is Cc1nccn1CCNC(C)CS(C)(=O)=O. The highest BCUT2D eigenvalue weighted by atomic mass is 32.2. The zero-order chi connectivity index (χ0) is 12.2. The van der Waals surface area contributed by atoms with Crippen molar-refractivity contribution < 1.29 is 8.42 Å². The van der Waals surface area contributed by atoms with Gasteiger partial charge < -0.3 is 9.88 Å². The summed E-state index contributed by atoms with van der Waals surface area (Å²) < 4.78 is 24.1. The minimum absolute atomic E-state index is 0.0150. The average Bonchev–Trinajstić information content (AvgIpc) is 2.48. The van der Waals surface area contributed by atoms with Crippen LogP contribution >= 0.6 is 0 Å². The third-order valence-corrected chi connectivity index (χ3v) is 3.43. The van der Waals surface area contributed by atoms with Gasteiger partial charge in [-0.1, -0.05) is 0 Å². The van der Waals surface area contributed by atoms with Crippen LogP contribution in [-0.4, -0.2) is 42.6 Å². The number of sulfone groups is 1. The molecule has 0 aromatic carbocycles. The molecule has 0 spiro atoms. The second-order valence-electron chi connectivity index (χ2n) is 4.12. The first-order valence-corrected chi connectivity index (χ1v) is 7.33. The maximum atomic E-state index is 11.0. The van der Waals surface area contributed by atoms with Gasteiger partial charge in [0.1, 0.15) is 15.7 Å². The van der Waals surface area contributed by atoms with Crippen LogP contribution in [0.15, 0.2) is 12.4 Å². The highest BCUT2D eigenvalue weighted by molar-refractivity contribution is 7.90. The molecule has 1 unspecified atom stereocenters. The Kier molecular flexibility index (Phi) is 4.49. The van der Waals surface area contributed by atoms with E-state index in [9.17, 15) is 8.42 Å². The van der Waals surface area contributed by atoms with Crippen LogP contribution in [0.2, 0.25) is 0 Å². The number of nitrogens with one attached hydrogen (secondary N) is 1. The van der Waals surface area contributed by atoms with Gasteiger partial charge in [-0.05, 0) is 13.8 Å². The standard InChI is InChI=1S/C10H19N3O2S/c1-9(8-16(3,14)15)11-4-6-13-7-5-12-10(13)2/h5,7,9,11H,4,6,8H2,1-3H3.